The first-order valence-electron chi connectivity index (χ1n) is 9.45. The van der Waals surface area contributed by atoms with Crippen LogP contribution in [0.5, 0.6) is 5.75 Å². The molecule has 4 aromatic rings. The summed E-state index contributed by atoms with van der Waals surface area (Å²) in [6.45, 7) is 0. The highest BCUT2D eigenvalue weighted by molar-refractivity contribution is 6.00. The number of aromatic amines is 1. The molecule has 0 saturated heterocycles. The lowest BCUT2D eigenvalue weighted by molar-refractivity contribution is -0.137. The molecular weight excluding hydrogens is 426 g/mol. The van der Waals surface area contributed by atoms with Crippen molar-refractivity contribution >= 4 is 28.3 Å². The summed E-state index contributed by atoms with van der Waals surface area (Å²) in [7, 11) is 1.59. The zero-order valence-corrected chi connectivity index (χ0v) is 16.7. The second-order valence-corrected chi connectivity index (χ2v) is 6.96. The highest BCUT2D eigenvalue weighted by Gasteiger charge is 2.31. The summed E-state index contributed by atoms with van der Waals surface area (Å²) in [6, 6.07) is 13.4. The average molecular weight is 443 g/mol. The standard InChI is InChI=1S/C23H17F4N3O2/c1-32-16-7-9-20-17(11-16)18(12-28-20)13-2-5-15(6-3-13)29-22(31)30-21-10-14(23(25,26)27)4-8-19(21)24/h2-12,28H,1H3,(H2,29,30,31). The van der Waals surface area contributed by atoms with E-state index in [-0.39, 0.29) is 0 Å². The summed E-state index contributed by atoms with van der Waals surface area (Å²) in [5.74, 6) is -0.256. The first kappa shape index (κ1) is 21.2. The van der Waals surface area contributed by atoms with Crippen molar-refractivity contribution in [1.82, 2.24) is 4.98 Å². The molecular formula is C23H17F4N3O2. The largest absolute Gasteiger partial charge is 0.497 e. The molecule has 2 amide bonds. The maximum atomic E-state index is 13.8. The normalized spacial score (nSPS) is 11.4. The van der Waals surface area contributed by atoms with E-state index in [4.69, 9.17) is 4.74 Å². The van der Waals surface area contributed by atoms with E-state index in [1.165, 1.54) is 0 Å². The van der Waals surface area contributed by atoms with Gasteiger partial charge in [-0.3, -0.25) is 0 Å². The van der Waals surface area contributed by atoms with Crippen LogP contribution in [0, 0.1) is 5.82 Å². The Morgan fingerprint density at radius 1 is 0.969 bits per heavy atom. The zero-order chi connectivity index (χ0) is 22.9. The number of anilines is 2. The van der Waals surface area contributed by atoms with Crippen molar-refractivity contribution in [2.24, 2.45) is 0 Å². The van der Waals surface area contributed by atoms with E-state index in [0.29, 0.717) is 23.9 Å². The molecule has 164 valence electrons. The summed E-state index contributed by atoms with van der Waals surface area (Å²) in [4.78, 5) is 15.3. The minimum absolute atomic E-state index is 0.385. The number of ether oxygens (including phenoxy) is 1. The number of carbonyl (C=O) groups is 1. The molecule has 0 atom stereocenters. The second kappa shape index (κ2) is 8.26. The van der Waals surface area contributed by atoms with E-state index >= 15 is 0 Å². The Kier molecular flexibility index (Phi) is 5.48. The number of urea groups is 1. The first-order chi connectivity index (χ1) is 15.2. The number of hydrogen-bond acceptors (Lipinski definition) is 2. The molecule has 3 N–H and O–H groups in total. The quantitative estimate of drug-likeness (QED) is 0.309. The highest BCUT2D eigenvalue weighted by atomic mass is 19.4. The summed E-state index contributed by atoms with van der Waals surface area (Å²) >= 11 is 0. The van der Waals surface area contributed by atoms with Crippen molar-refractivity contribution in [3.05, 3.63) is 78.2 Å². The maximum Gasteiger partial charge on any atom is 0.416 e. The summed E-state index contributed by atoms with van der Waals surface area (Å²) in [6.07, 6.45) is -2.79. The Balaban J connectivity index is 1.49. The number of benzene rings is 3. The Hall–Kier alpha value is -4.01. The van der Waals surface area contributed by atoms with Gasteiger partial charge < -0.3 is 20.4 Å². The van der Waals surface area contributed by atoms with Crippen molar-refractivity contribution in [3.8, 4) is 16.9 Å². The van der Waals surface area contributed by atoms with Gasteiger partial charge in [0.05, 0.1) is 18.4 Å². The van der Waals surface area contributed by atoms with E-state index < -0.39 is 29.3 Å². The molecule has 0 saturated carbocycles. The fourth-order valence-electron chi connectivity index (χ4n) is 3.28. The molecule has 0 unspecified atom stereocenters. The molecule has 3 aromatic carbocycles. The molecule has 32 heavy (non-hydrogen) atoms. The van der Waals surface area contributed by atoms with Gasteiger partial charge in [-0.15, -0.1) is 0 Å². The fourth-order valence-corrected chi connectivity index (χ4v) is 3.28. The van der Waals surface area contributed by atoms with Gasteiger partial charge in [-0.05, 0) is 54.1 Å². The van der Waals surface area contributed by atoms with Crippen LogP contribution in [0.25, 0.3) is 22.0 Å². The number of methoxy groups -OCH3 is 1. The molecule has 0 radical (unpaired) electrons. The lowest BCUT2D eigenvalue weighted by Gasteiger charge is -2.12. The third-order valence-electron chi connectivity index (χ3n) is 4.88. The maximum absolute atomic E-state index is 13.8. The topological polar surface area (TPSA) is 66.1 Å². The van der Waals surface area contributed by atoms with E-state index in [2.05, 4.69) is 15.6 Å². The van der Waals surface area contributed by atoms with Crippen molar-refractivity contribution in [3.63, 3.8) is 0 Å². The number of amides is 2. The Morgan fingerprint density at radius 3 is 2.41 bits per heavy atom. The highest BCUT2D eigenvalue weighted by Crippen LogP contribution is 2.33. The molecule has 5 nitrogen and oxygen atoms in total. The lowest BCUT2D eigenvalue weighted by atomic mass is 10.0. The van der Waals surface area contributed by atoms with E-state index in [1.807, 2.05) is 24.4 Å². The number of rotatable bonds is 4. The Bertz CT molecular complexity index is 1280. The van der Waals surface area contributed by atoms with Gasteiger partial charge in [0.1, 0.15) is 11.6 Å². The van der Waals surface area contributed by atoms with E-state index in [9.17, 15) is 22.4 Å². The van der Waals surface area contributed by atoms with Crippen molar-refractivity contribution in [1.29, 1.82) is 0 Å². The number of hydrogen-bond donors (Lipinski definition) is 3. The van der Waals surface area contributed by atoms with Crippen LogP contribution in [0.4, 0.5) is 33.7 Å². The van der Waals surface area contributed by atoms with Crippen LogP contribution < -0.4 is 15.4 Å². The fraction of sp³-hybridized carbons (Fsp3) is 0.0870. The summed E-state index contributed by atoms with van der Waals surface area (Å²) in [5, 5.41) is 5.55. The van der Waals surface area contributed by atoms with Crippen LogP contribution in [0.15, 0.2) is 66.9 Å². The van der Waals surface area contributed by atoms with Gasteiger partial charge in [0, 0.05) is 28.4 Å². The van der Waals surface area contributed by atoms with Crippen LogP contribution in [0.3, 0.4) is 0 Å². The van der Waals surface area contributed by atoms with E-state index in [0.717, 1.165) is 27.8 Å². The first-order valence-corrected chi connectivity index (χ1v) is 9.45. The molecule has 0 fully saturated rings. The summed E-state index contributed by atoms with van der Waals surface area (Å²) in [5.41, 5.74) is 1.50. The number of alkyl halides is 3. The molecule has 0 aliphatic heterocycles. The van der Waals surface area contributed by atoms with Crippen LogP contribution in [0.1, 0.15) is 5.56 Å². The SMILES string of the molecule is COc1ccc2[nH]cc(-c3ccc(NC(=O)Nc4cc(C(F)(F)F)ccc4F)cc3)c2c1. The molecule has 0 bridgehead atoms. The molecule has 1 aromatic heterocycles. The molecule has 9 heteroatoms. The van der Waals surface area contributed by atoms with Crippen molar-refractivity contribution < 1.29 is 27.1 Å². The van der Waals surface area contributed by atoms with Crippen LogP contribution in [0.2, 0.25) is 0 Å². The van der Waals surface area contributed by atoms with Crippen LogP contribution >= 0.6 is 0 Å². The van der Waals surface area contributed by atoms with Gasteiger partial charge in [-0.2, -0.15) is 13.2 Å². The number of fused-ring (bicyclic) bond motifs is 1. The number of H-pyrrole nitrogens is 1. The predicted molar refractivity (Wildman–Crippen MR) is 114 cm³/mol. The number of carbonyl (C=O) groups excluding carboxylic acids is 1. The predicted octanol–water partition coefficient (Wildman–Crippen LogP) is 6.65. The number of aromatic nitrogens is 1. The Morgan fingerprint density at radius 2 is 1.72 bits per heavy atom. The number of nitrogens with one attached hydrogen (secondary N) is 3. The van der Waals surface area contributed by atoms with Crippen LogP contribution in [-0.2, 0) is 6.18 Å². The molecule has 4 rings (SSSR count). The monoisotopic (exact) mass is 443 g/mol. The minimum atomic E-state index is -4.65. The second-order valence-electron chi connectivity index (χ2n) is 6.96. The van der Waals surface area contributed by atoms with E-state index in [1.54, 1.807) is 31.4 Å². The van der Waals surface area contributed by atoms with Gasteiger partial charge in [0.2, 0.25) is 0 Å². The molecule has 0 aliphatic carbocycles. The van der Waals surface area contributed by atoms with Gasteiger partial charge in [0.25, 0.3) is 0 Å². The van der Waals surface area contributed by atoms with Crippen LogP contribution in [-0.4, -0.2) is 18.1 Å². The molecule has 0 spiro atoms. The third-order valence-corrected chi connectivity index (χ3v) is 4.88. The zero-order valence-electron chi connectivity index (χ0n) is 16.7. The van der Waals surface area contributed by atoms with Crippen molar-refractivity contribution in [2.45, 2.75) is 6.18 Å². The third kappa shape index (κ3) is 4.36. The molecule has 1 heterocycles. The summed E-state index contributed by atoms with van der Waals surface area (Å²) < 4.78 is 57.6. The van der Waals surface area contributed by atoms with Gasteiger partial charge in [-0.25, -0.2) is 9.18 Å². The van der Waals surface area contributed by atoms with Gasteiger partial charge in [0.15, 0.2) is 0 Å². The molecule has 0 aliphatic rings. The van der Waals surface area contributed by atoms with Gasteiger partial charge in [-0.1, -0.05) is 12.1 Å². The number of halogens is 4. The minimum Gasteiger partial charge on any atom is -0.497 e. The van der Waals surface area contributed by atoms with Gasteiger partial charge >= 0.3 is 12.2 Å². The smallest absolute Gasteiger partial charge is 0.416 e. The van der Waals surface area contributed by atoms with Crippen molar-refractivity contribution in [2.75, 3.05) is 17.7 Å². The lowest BCUT2D eigenvalue weighted by Crippen LogP contribution is -2.20. The average Bonchev–Trinajstić information content (AvgIpc) is 3.18. The Labute approximate surface area is 180 Å².